The van der Waals surface area contributed by atoms with Gasteiger partial charge in [0.05, 0.1) is 0 Å². The molecule has 0 saturated heterocycles. The molecule has 1 N–H and O–H groups in total. The zero-order valence-electron chi connectivity index (χ0n) is 9.00. The van der Waals surface area contributed by atoms with E-state index in [0.29, 0.717) is 0 Å². The molecule has 1 heteroatoms. The molecule has 0 fully saturated rings. The molecule has 0 atom stereocenters. The topological polar surface area (TPSA) is 20.2 Å². The van der Waals surface area contributed by atoms with Crippen LogP contribution in [0.15, 0.2) is 24.3 Å². The number of aliphatic hydroxyl groups excluding tert-OH is 1. The Morgan fingerprint density at radius 3 is 2.00 bits per heavy atom. The molecule has 0 unspecified atom stereocenters. The molecule has 0 aromatic heterocycles. The molecule has 14 heavy (non-hydrogen) atoms. The predicted octanol–water partition coefficient (Wildman–Crippen LogP) is 2.95. The van der Waals surface area contributed by atoms with Crippen LogP contribution in [0.25, 0.3) is 0 Å². The summed E-state index contributed by atoms with van der Waals surface area (Å²) in [5.41, 5.74) is 2.65. The van der Waals surface area contributed by atoms with Crippen molar-refractivity contribution in [3.63, 3.8) is 0 Å². The van der Waals surface area contributed by atoms with Crippen molar-refractivity contribution in [2.24, 2.45) is 0 Å². The standard InChI is InChI=1S/C13H20O/c1-2-3-4-5-12-6-8-13(9-7-12)10-11-14/h6-9,14H,2-5,10-11H2,1H3. The molecule has 1 rings (SSSR count). The van der Waals surface area contributed by atoms with Gasteiger partial charge in [-0.3, -0.25) is 0 Å². The van der Waals surface area contributed by atoms with Crippen molar-refractivity contribution in [1.82, 2.24) is 0 Å². The van der Waals surface area contributed by atoms with E-state index in [-0.39, 0.29) is 6.61 Å². The first-order valence-corrected chi connectivity index (χ1v) is 5.55. The van der Waals surface area contributed by atoms with Gasteiger partial charge in [-0.25, -0.2) is 0 Å². The average Bonchev–Trinajstić information content (AvgIpc) is 2.21. The van der Waals surface area contributed by atoms with E-state index in [2.05, 4.69) is 31.2 Å². The Morgan fingerprint density at radius 2 is 1.50 bits per heavy atom. The van der Waals surface area contributed by atoms with Gasteiger partial charge in [-0.15, -0.1) is 0 Å². The summed E-state index contributed by atoms with van der Waals surface area (Å²) in [7, 11) is 0. The lowest BCUT2D eigenvalue weighted by Gasteiger charge is -2.02. The molecule has 0 aliphatic heterocycles. The molecule has 0 heterocycles. The molecule has 0 aliphatic rings. The fourth-order valence-corrected chi connectivity index (χ4v) is 1.58. The van der Waals surface area contributed by atoms with Crippen molar-refractivity contribution in [1.29, 1.82) is 0 Å². The number of rotatable bonds is 6. The van der Waals surface area contributed by atoms with E-state index in [1.807, 2.05) is 0 Å². The van der Waals surface area contributed by atoms with E-state index in [9.17, 15) is 0 Å². The molecule has 1 nitrogen and oxygen atoms in total. The van der Waals surface area contributed by atoms with Crippen LogP contribution < -0.4 is 0 Å². The van der Waals surface area contributed by atoms with E-state index in [1.54, 1.807) is 0 Å². The van der Waals surface area contributed by atoms with Gasteiger partial charge in [0, 0.05) is 6.61 Å². The molecule has 0 amide bonds. The van der Waals surface area contributed by atoms with Gasteiger partial charge in [-0.05, 0) is 30.4 Å². The molecule has 0 aliphatic carbocycles. The van der Waals surface area contributed by atoms with Gasteiger partial charge in [-0.2, -0.15) is 0 Å². The summed E-state index contributed by atoms with van der Waals surface area (Å²) in [6.45, 7) is 2.47. The van der Waals surface area contributed by atoms with Gasteiger partial charge in [0.15, 0.2) is 0 Å². The molecule has 78 valence electrons. The van der Waals surface area contributed by atoms with Crippen molar-refractivity contribution in [2.45, 2.75) is 39.0 Å². The van der Waals surface area contributed by atoms with Crippen LogP contribution in [0.4, 0.5) is 0 Å². The van der Waals surface area contributed by atoms with Crippen LogP contribution in [0.1, 0.15) is 37.3 Å². The lowest BCUT2D eigenvalue weighted by atomic mass is 10.0. The van der Waals surface area contributed by atoms with Crippen molar-refractivity contribution >= 4 is 0 Å². The molecule has 0 bridgehead atoms. The number of hydrogen-bond donors (Lipinski definition) is 1. The van der Waals surface area contributed by atoms with Crippen molar-refractivity contribution in [2.75, 3.05) is 6.61 Å². The van der Waals surface area contributed by atoms with E-state index in [1.165, 1.54) is 36.8 Å². The second-order valence-corrected chi connectivity index (χ2v) is 3.75. The highest BCUT2D eigenvalue weighted by Gasteiger charge is 1.94. The Hall–Kier alpha value is -0.820. The van der Waals surface area contributed by atoms with Gasteiger partial charge >= 0.3 is 0 Å². The summed E-state index contributed by atoms with van der Waals surface area (Å²) in [5.74, 6) is 0. The normalized spacial score (nSPS) is 10.4. The van der Waals surface area contributed by atoms with Gasteiger partial charge < -0.3 is 5.11 Å². The average molecular weight is 192 g/mol. The highest BCUT2D eigenvalue weighted by Crippen LogP contribution is 2.09. The zero-order valence-corrected chi connectivity index (χ0v) is 9.00. The molecule has 1 aromatic rings. The largest absolute Gasteiger partial charge is 0.396 e. The smallest absolute Gasteiger partial charge is 0.0471 e. The Labute approximate surface area is 86.8 Å². The number of unbranched alkanes of at least 4 members (excludes halogenated alkanes) is 2. The fourth-order valence-electron chi connectivity index (χ4n) is 1.58. The lowest BCUT2D eigenvalue weighted by Crippen LogP contribution is -1.91. The first-order valence-electron chi connectivity index (χ1n) is 5.55. The second-order valence-electron chi connectivity index (χ2n) is 3.75. The van der Waals surface area contributed by atoms with E-state index in [4.69, 9.17) is 5.11 Å². The highest BCUT2D eigenvalue weighted by molar-refractivity contribution is 5.22. The Kier molecular flexibility index (Phi) is 5.31. The Morgan fingerprint density at radius 1 is 0.929 bits per heavy atom. The van der Waals surface area contributed by atoms with Crippen LogP contribution in [0.5, 0.6) is 0 Å². The Bertz CT molecular complexity index is 238. The Balaban J connectivity index is 2.38. The van der Waals surface area contributed by atoms with Gasteiger partial charge in [0.1, 0.15) is 0 Å². The van der Waals surface area contributed by atoms with Crippen molar-refractivity contribution < 1.29 is 5.11 Å². The summed E-state index contributed by atoms with van der Waals surface area (Å²) in [6, 6.07) is 8.61. The maximum Gasteiger partial charge on any atom is 0.0471 e. The van der Waals surface area contributed by atoms with Gasteiger partial charge in [0.25, 0.3) is 0 Å². The minimum absolute atomic E-state index is 0.245. The van der Waals surface area contributed by atoms with E-state index < -0.39 is 0 Å². The number of aliphatic hydroxyl groups is 1. The summed E-state index contributed by atoms with van der Waals surface area (Å²) < 4.78 is 0. The zero-order chi connectivity index (χ0) is 10.2. The molecule has 0 radical (unpaired) electrons. The van der Waals surface area contributed by atoms with Gasteiger partial charge in [-0.1, -0.05) is 44.0 Å². The third kappa shape index (κ3) is 3.93. The van der Waals surface area contributed by atoms with Crippen LogP contribution >= 0.6 is 0 Å². The van der Waals surface area contributed by atoms with E-state index in [0.717, 1.165) is 6.42 Å². The maximum atomic E-state index is 8.76. The van der Waals surface area contributed by atoms with E-state index >= 15 is 0 Å². The number of aryl methyl sites for hydroxylation is 1. The molecule has 0 spiro atoms. The monoisotopic (exact) mass is 192 g/mol. The molecule has 1 aromatic carbocycles. The van der Waals surface area contributed by atoms with Crippen LogP contribution in [0.3, 0.4) is 0 Å². The summed E-state index contributed by atoms with van der Waals surface area (Å²) in [6.07, 6.45) is 5.85. The third-order valence-corrected chi connectivity index (χ3v) is 2.49. The molecule has 0 saturated carbocycles. The molecular weight excluding hydrogens is 172 g/mol. The van der Waals surface area contributed by atoms with Crippen LogP contribution in [0, 0.1) is 0 Å². The summed E-state index contributed by atoms with van der Waals surface area (Å²) in [5, 5.41) is 8.76. The fraction of sp³-hybridized carbons (Fsp3) is 0.538. The minimum Gasteiger partial charge on any atom is -0.396 e. The van der Waals surface area contributed by atoms with Crippen LogP contribution in [-0.2, 0) is 12.8 Å². The second kappa shape index (κ2) is 6.61. The predicted molar refractivity (Wildman–Crippen MR) is 60.5 cm³/mol. The van der Waals surface area contributed by atoms with Crippen molar-refractivity contribution in [3.8, 4) is 0 Å². The molecular formula is C13H20O. The quantitative estimate of drug-likeness (QED) is 0.687. The van der Waals surface area contributed by atoms with Crippen LogP contribution in [0.2, 0.25) is 0 Å². The van der Waals surface area contributed by atoms with Crippen molar-refractivity contribution in [3.05, 3.63) is 35.4 Å². The first-order chi connectivity index (χ1) is 6.86. The summed E-state index contributed by atoms with van der Waals surface area (Å²) in [4.78, 5) is 0. The third-order valence-electron chi connectivity index (χ3n) is 2.49. The lowest BCUT2D eigenvalue weighted by molar-refractivity contribution is 0.299. The number of benzene rings is 1. The number of hydrogen-bond acceptors (Lipinski definition) is 1. The van der Waals surface area contributed by atoms with Crippen LogP contribution in [-0.4, -0.2) is 11.7 Å². The maximum absolute atomic E-state index is 8.76. The van der Waals surface area contributed by atoms with Gasteiger partial charge in [0.2, 0.25) is 0 Å². The summed E-state index contributed by atoms with van der Waals surface area (Å²) >= 11 is 0. The first kappa shape index (κ1) is 11.3. The minimum atomic E-state index is 0.245. The SMILES string of the molecule is CCCCCc1ccc(CCO)cc1. The highest BCUT2D eigenvalue weighted by atomic mass is 16.2.